The maximum atomic E-state index is 12.6. The smallest absolute Gasteiger partial charge is 0.237 e. The molecule has 9 nitrogen and oxygen atoms in total. The number of rotatable bonds is 8. The molecule has 2 aromatic carbocycles. The Morgan fingerprint density at radius 2 is 1.94 bits per heavy atom. The Balaban J connectivity index is 1.30. The highest BCUT2D eigenvalue weighted by molar-refractivity contribution is 8.00. The lowest BCUT2D eigenvalue weighted by Crippen LogP contribution is -2.22. The van der Waals surface area contributed by atoms with Gasteiger partial charge in [0.1, 0.15) is 5.82 Å². The van der Waals surface area contributed by atoms with E-state index in [1.54, 1.807) is 54.0 Å². The topological polar surface area (TPSA) is 107 Å². The summed E-state index contributed by atoms with van der Waals surface area (Å²) in [6.45, 7) is 1.97. The summed E-state index contributed by atoms with van der Waals surface area (Å²) < 4.78 is 12.4. The maximum Gasteiger partial charge on any atom is 0.237 e. The Bertz CT molecular complexity index is 1190. The number of aromatic nitrogens is 3. The number of benzene rings is 2. The first-order chi connectivity index (χ1) is 15.9. The van der Waals surface area contributed by atoms with E-state index in [1.807, 2.05) is 7.05 Å². The fourth-order valence-corrected chi connectivity index (χ4v) is 4.11. The molecule has 11 heteroatoms. The van der Waals surface area contributed by atoms with Crippen molar-refractivity contribution in [2.75, 3.05) is 17.4 Å². The number of nitrogens with zero attached hydrogens (tertiary/aromatic N) is 3. The van der Waals surface area contributed by atoms with Crippen LogP contribution in [0.5, 0.6) is 11.5 Å². The van der Waals surface area contributed by atoms with Gasteiger partial charge in [-0.3, -0.25) is 9.59 Å². The minimum Gasteiger partial charge on any atom is -0.454 e. The monoisotopic (exact) mass is 487 g/mol. The van der Waals surface area contributed by atoms with Gasteiger partial charge in [-0.05, 0) is 31.2 Å². The van der Waals surface area contributed by atoms with Crippen molar-refractivity contribution in [2.24, 2.45) is 7.05 Å². The summed E-state index contributed by atoms with van der Waals surface area (Å²) >= 11 is 7.36. The molecule has 0 radical (unpaired) electrons. The average Bonchev–Trinajstić information content (AvgIpc) is 3.40. The van der Waals surface area contributed by atoms with Crippen LogP contribution in [0.1, 0.15) is 19.2 Å². The molecule has 2 N–H and O–H groups in total. The number of halogens is 1. The SMILES string of the molecule is C[C@H](Sc1nnc(CCC(=O)Nc2ccccc2Cl)n1C)C(=O)Nc1ccc2c(c1)OCO2. The zero-order chi connectivity index (χ0) is 23.4. The third-order valence-electron chi connectivity index (χ3n) is 4.94. The van der Waals surface area contributed by atoms with Gasteiger partial charge in [0.05, 0.1) is 16.0 Å². The number of hydrogen-bond acceptors (Lipinski definition) is 7. The van der Waals surface area contributed by atoms with Gasteiger partial charge in [0.2, 0.25) is 18.6 Å². The molecule has 0 spiro atoms. The zero-order valence-corrected chi connectivity index (χ0v) is 19.6. The highest BCUT2D eigenvalue weighted by Gasteiger charge is 2.21. The Kier molecular flexibility index (Phi) is 7.05. The first-order valence-electron chi connectivity index (χ1n) is 10.2. The Hall–Kier alpha value is -3.24. The standard InChI is InChI=1S/C22H22ClN5O4S/c1-13(21(30)24-14-7-8-17-18(11-14)32-12-31-17)33-22-27-26-19(28(22)2)9-10-20(29)25-16-6-4-3-5-15(16)23/h3-8,11,13H,9-10,12H2,1-2H3,(H,24,30)(H,25,29)/t13-/m0/s1. The number of aryl methyl sites for hydroxylation is 1. The quantitative estimate of drug-likeness (QED) is 0.464. The van der Waals surface area contributed by atoms with Crippen LogP contribution in [0.4, 0.5) is 11.4 Å². The highest BCUT2D eigenvalue weighted by atomic mass is 35.5. The molecule has 2 amide bonds. The molecule has 33 heavy (non-hydrogen) atoms. The molecule has 0 saturated heterocycles. The van der Waals surface area contributed by atoms with Crippen LogP contribution in [0.3, 0.4) is 0 Å². The molecule has 0 unspecified atom stereocenters. The predicted octanol–water partition coefficient (Wildman–Crippen LogP) is 3.89. The number of anilines is 2. The molecule has 1 aliphatic heterocycles. The summed E-state index contributed by atoms with van der Waals surface area (Å²) in [5.74, 6) is 1.56. The van der Waals surface area contributed by atoms with Crippen LogP contribution in [-0.2, 0) is 23.1 Å². The Morgan fingerprint density at radius 3 is 2.76 bits per heavy atom. The summed E-state index contributed by atoms with van der Waals surface area (Å²) in [5.41, 5.74) is 1.19. The van der Waals surface area contributed by atoms with Crippen molar-refractivity contribution in [3.63, 3.8) is 0 Å². The molecule has 4 rings (SSSR count). The van der Waals surface area contributed by atoms with Gasteiger partial charge < -0.3 is 24.7 Å². The van der Waals surface area contributed by atoms with Crippen LogP contribution < -0.4 is 20.1 Å². The maximum absolute atomic E-state index is 12.6. The molecule has 2 heterocycles. The van der Waals surface area contributed by atoms with Crippen molar-refractivity contribution in [3.05, 3.63) is 53.3 Å². The van der Waals surface area contributed by atoms with Gasteiger partial charge in [-0.1, -0.05) is 35.5 Å². The fraction of sp³-hybridized carbons (Fsp3) is 0.273. The van der Waals surface area contributed by atoms with Gasteiger partial charge in [-0.25, -0.2) is 0 Å². The first-order valence-corrected chi connectivity index (χ1v) is 11.5. The molecule has 1 atom stereocenters. The van der Waals surface area contributed by atoms with Crippen molar-refractivity contribution >= 4 is 46.6 Å². The lowest BCUT2D eigenvalue weighted by Gasteiger charge is -2.12. The number of hydrogen-bond donors (Lipinski definition) is 2. The summed E-state index contributed by atoms with van der Waals surface area (Å²) in [4.78, 5) is 24.9. The van der Waals surface area contributed by atoms with Gasteiger partial charge in [-0.15, -0.1) is 10.2 Å². The number of amides is 2. The van der Waals surface area contributed by atoms with Gasteiger partial charge >= 0.3 is 0 Å². The molecule has 1 aliphatic rings. The first kappa shape index (κ1) is 22.9. The third kappa shape index (κ3) is 5.58. The molecular formula is C22H22ClN5O4S. The number of carbonyl (C=O) groups is 2. The summed E-state index contributed by atoms with van der Waals surface area (Å²) in [6.07, 6.45) is 0.625. The third-order valence-corrected chi connectivity index (χ3v) is 6.40. The molecule has 172 valence electrons. The van der Waals surface area contributed by atoms with Crippen LogP contribution in [-0.4, -0.2) is 38.6 Å². The van der Waals surface area contributed by atoms with Crippen molar-refractivity contribution in [1.29, 1.82) is 0 Å². The number of thioether (sulfide) groups is 1. The largest absolute Gasteiger partial charge is 0.454 e. The number of nitrogens with one attached hydrogen (secondary N) is 2. The van der Waals surface area contributed by atoms with E-state index in [4.69, 9.17) is 21.1 Å². The van der Waals surface area contributed by atoms with Crippen LogP contribution >= 0.6 is 23.4 Å². The van der Waals surface area contributed by atoms with Gasteiger partial charge in [-0.2, -0.15) is 0 Å². The van der Waals surface area contributed by atoms with Crippen LogP contribution in [0.15, 0.2) is 47.6 Å². The van der Waals surface area contributed by atoms with Crippen molar-refractivity contribution in [2.45, 2.75) is 30.2 Å². The average molecular weight is 488 g/mol. The Morgan fingerprint density at radius 1 is 1.15 bits per heavy atom. The highest BCUT2D eigenvalue weighted by Crippen LogP contribution is 2.34. The lowest BCUT2D eigenvalue weighted by atomic mass is 10.2. The molecular weight excluding hydrogens is 466 g/mol. The summed E-state index contributed by atoms with van der Waals surface area (Å²) in [6, 6.07) is 12.3. The predicted molar refractivity (Wildman–Crippen MR) is 126 cm³/mol. The minimum atomic E-state index is -0.422. The van der Waals surface area contributed by atoms with E-state index in [-0.39, 0.29) is 25.0 Å². The van der Waals surface area contributed by atoms with E-state index in [1.165, 1.54) is 11.8 Å². The second kappa shape index (κ2) is 10.1. The zero-order valence-electron chi connectivity index (χ0n) is 18.0. The van der Waals surface area contributed by atoms with E-state index in [9.17, 15) is 9.59 Å². The lowest BCUT2D eigenvalue weighted by molar-refractivity contribution is -0.116. The number of para-hydroxylation sites is 1. The van der Waals surface area contributed by atoms with Gasteiger partial charge in [0, 0.05) is 31.6 Å². The number of carbonyl (C=O) groups excluding carboxylic acids is 2. The molecule has 1 aromatic heterocycles. The summed E-state index contributed by atoms with van der Waals surface area (Å²) in [7, 11) is 1.81. The Labute approximate surface area is 199 Å². The van der Waals surface area contributed by atoms with Crippen molar-refractivity contribution in [1.82, 2.24) is 14.8 Å². The molecule has 0 fully saturated rings. The summed E-state index contributed by atoms with van der Waals surface area (Å²) in [5, 5.41) is 14.7. The van der Waals surface area contributed by atoms with Gasteiger partial charge in [0.25, 0.3) is 0 Å². The van der Waals surface area contributed by atoms with E-state index < -0.39 is 5.25 Å². The van der Waals surface area contributed by atoms with E-state index in [0.717, 1.165) is 0 Å². The van der Waals surface area contributed by atoms with E-state index in [0.29, 0.717) is 45.3 Å². The number of fused-ring (bicyclic) bond motifs is 1. The molecule has 0 saturated carbocycles. The number of ether oxygens (including phenoxy) is 2. The molecule has 0 aliphatic carbocycles. The molecule has 0 bridgehead atoms. The van der Waals surface area contributed by atoms with Gasteiger partial charge in [0.15, 0.2) is 16.7 Å². The normalized spacial score (nSPS) is 12.9. The molecule has 3 aromatic rings. The second-order valence-electron chi connectivity index (χ2n) is 7.30. The fourth-order valence-electron chi connectivity index (χ4n) is 3.10. The van der Waals surface area contributed by atoms with Crippen LogP contribution in [0, 0.1) is 0 Å². The van der Waals surface area contributed by atoms with Crippen molar-refractivity contribution in [3.8, 4) is 11.5 Å². The van der Waals surface area contributed by atoms with E-state index in [2.05, 4.69) is 20.8 Å². The van der Waals surface area contributed by atoms with Crippen molar-refractivity contribution < 1.29 is 19.1 Å². The minimum absolute atomic E-state index is 0.170. The van der Waals surface area contributed by atoms with Crippen LogP contribution in [0.2, 0.25) is 5.02 Å². The second-order valence-corrected chi connectivity index (χ2v) is 9.02. The van der Waals surface area contributed by atoms with Crippen LogP contribution in [0.25, 0.3) is 0 Å². The van der Waals surface area contributed by atoms with E-state index >= 15 is 0 Å².